The molecule has 1 aromatic heterocycles. The average molecular weight is 393 g/mol. The Morgan fingerprint density at radius 1 is 1.21 bits per heavy atom. The number of guanidine groups is 1. The zero-order valence-corrected chi connectivity index (χ0v) is 17.5. The first-order chi connectivity index (χ1) is 13.7. The molecule has 3 rings (SSSR count). The third-order valence-corrected chi connectivity index (χ3v) is 5.71. The quantitative estimate of drug-likeness (QED) is 0.379. The van der Waals surface area contributed by atoms with Gasteiger partial charge in [0.25, 0.3) is 0 Å². The van der Waals surface area contributed by atoms with Gasteiger partial charge in [0.1, 0.15) is 12.4 Å². The number of aromatic nitrogens is 3. The van der Waals surface area contributed by atoms with E-state index < -0.39 is 0 Å². The molecule has 2 fully saturated rings. The summed E-state index contributed by atoms with van der Waals surface area (Å²) in [6.07, 6.45) is 8.26. The van der Waals surface area contributed by atoms with E-state index in [1.54, 1.807) is 0 Å². The maximum Gasteiger partial charge on any atom is 0.191 e. The Morgan fingerprint density at radius 2 is 2.00 bits per heavy atom. The Hall–Kier alpha value is -1.67. The van der Waals surface area contributed by atoms with E-state index in [-0.39, 0.29) is 0 Å². The molecule has 28 heavy (non-hydrogen) atoms. The van der Waals surface area contributed by atoms with Crippen LogP contribution in [0.25, 0.3) is 0 Å². The highest BCUT2D eigenvalue weighted by Crippen LogP contribution is 2.17. The van der Waals surface area contributed by atoms with Crippen LogP contribution in [0.15, 0.2) is 4.99 Å². The zero-order chi connectivity index (χ0) is 19.6. The molecule has 2 aliphatic rings. The van der Waals surface area contributed by atoms with Gasteiger partial charge in [0.2, 0.25) is 0 Å². The summed E-state index contributed by atoms with van der Waals surface area (Å²) >= 11 is 0. The predicted octanol–water partition coefficient (Wildman–Crippen LogP) is 1.93. The molecule has 0 spiro atoms. The average Bonchev–Trinajstić information content (AvgIpc) is 3.34. The molecule has 2 heterocycles. The lowest BCUT2D eigenvalue weighted by molar-refractivity contribution is 0.0203. The topological polar surface area (TPSA) is 85.6 Å². The monoisotopic (exact) mass is 392 g/mol. The largest absolute Gasteiger partial charge is 0.381 e. The van der Waals surface area contributed by atoms with Gasteiger partial charge in [-0.2, -0.15) is 0 Å². The van der Waals surface area contributed by atoms with Gasteiger partial charge < -0.3 is 24.7 Å². The van der Waals surface area contributed by atoms with Crippen molar-refractivity contribution in [3.05, 3.63) is 11.6 Å². The second-order valence-corrected chi connectivity index (χ2v) is 7.92. The van der Waals surface area contributed by atoms with Crippen LogP contribution >= 0.6 is 0 Å². The van der Waals surface area contributed by atoms with Crippen LogP contribution in [0.2, 0.25) is 0 Å². The highest BCUT2D eigenvalue weighted by Gasteiger charge is 2.16. The minimum Gasteiger partial charge on any atom is -0.381 e. The lowest BCUT2D eigenvalue weighted by Gasteiger charge is -2.21. The van der Waals surface area contributed by atoms with E-state index in [0.29, 0.717) is 18.5 Å². The number of nitrogens with zero attached hydrogens (tertiary/aromatic N) is 4. The molecule has 0 radical (unpaired) electrons. The van der Waals surface area contributed by atoms with Crippen molar-refractivity contribution in [2.24, 2.45) is 18.0 Å². The Morgan fingerprint density at radius 3 is 2.71 bits per heavy atom. The molecule has 0 aromatic carbocycles. The lowest BCUT2D eigenvalue weighted by Crippen LogP contribution is -2.43. The first-order valence-corrected chi connectivity index (χ1v) is 10.8. The normalized spacial score (nSPS) is 19.3. The van der Waals surface area contributed by atoms with Crippen molar-refractivity contribution in [3.63, 3.8) is 0 Å². The van der Waals surface area contributed by atoms with E-state index in [9.17, 15) is 0 Å². The predicted molar refractivity (Wildman–Crippen MR) is 109 cm³/mol. The van der Waals surface area contributed by atoms with Crippen molar-refractivity contribution in [1.82, 2.24) is 25.4 Å². The van der Waals surface area contributed by atoms with Crippen molar-refractivity contribution in [2.45, 2.75) is 64.5 Å². The molecule has 1 saturated carbocycles. The van der Waals surface area contributed by atoms with Crippen LogP contribution in [0.5, 0.6) is 0 Å². The Balaban J connectivity index is 1.39. The number of nitrogens with one attached hydrogen (secondary N) is 2. The van der Waals surface area contributed by atoms with Gasteiger partial charge in [-0.3, -0.25) is 0 Å². The Labute approximate surface area is 168 Å². The van der Waals surface area contributed by atoms with Crippen LogP contribution in [-0.2, 0) is 23.1 Å². The van der Waals surface area contributed by atoms with Crippen LogP contribution in [-0.4, -0.2) is 59.7 Å². The number of hydrogen-bond donors (Lipinski definition) is 2. The second-order valence-electron chi connectivity index (χ2n) is 7.92. The number of ether oxygens (including phenoxy) is 2. The van der Waals surface area contributed by atoms with Crippen LogP contribution in [0.1, 0.15) is 56.6 Å². The van der Waals surface area contributed by atoms with Crippen LogP contribution in [0, 0.1) is 12.8 Å². The summed E-state index contributed by atoms with van der Waals surface area (Å²) in [7, 11) is 1.98. The van der Waals surface area contributed by atoms with Crippen LogP contribution in [0.3, 0.4) is 0 Å². The molecule has 0 bridgehead atoms. The Kier molecular flexibility index (Phi) is 8.54. The summed E-state index contributed by atoms with van der Waals surface area (Å²) in [5.41, 5.74) is 0. The summed E-state index contributed by atoms with van der Waals surface area (Å²) in [6, 6.07) is 0.525. The summed E-state index contributed by atoms with van der Waals surface area (Å²) in [4.78, 5) is 4.74. The number of hydrogen-bond acceptors (Lipinski definition) is 5. The first kappa shape index (κ1) is 21.0. The SMILES string of the molecule is Cc1nnc(CN=C(NCCCOCC2CCOCC2)NC2CCCC2)n1C. The molecule has 1 saturated heterocycles. The molecular formula is C20H36N6O2. The lowest BCUT2D eigenvalue weighted by atomic mass is 10.0. The van der Waals surface area contributed by atoms with Gasteiger partial charge in [0.15, 0.2) is 11.8 Å². The molecule has 1 aliphatic carbocycles. The van der Waals surface area contributed by atoms with Gasteiger partial charge in [-0.25, -0.2) is 4.99 Å². The molecule has 1 aliphatic heterocycles. The highest BCUT2D eigenvalue weighted by molar-refractivity contribution is 5.80. The van der Waals surface area contributed by atoms with Crippen molar-refractivity contribution in [1.29, 1.82) is 0 Å². The van der Waals surface area contributed by atoms with Crippen molar-refractivity contribution in [2.75, 3.05) is 33.0 Å². The summed E-state index contributed by atoms with van der Waals surface area (Å²) < 4.78 is 13.2. The van der Waals surface area contributed by atoms with Gasteiger partial charge in [-0.15, -0.1) is 10.2 Å². The molecule has 0 atom stereocenters. The molecular weight excluding hydrogens is 356 g/mol. The van der Waals surface area contributed by atoms with E-state index in [1.807, 2.05) is 18.5 Å². The number of aryl methyl sites for hydroxylation is 1. The van der Waals surface area contributed by atoms with Crippen molar-refractivity contribution >= 4 is 5.96 Å². The minimum atomic E-state index is 0.525. The first-order valence-electron chi connectivity index (χ1n) is 10.8. The van der Waals surface area contributed by atoms with Gasteiger partial charge in [-0.05, 0) is 44.9 Å². The maximum absolute atomic E-state index is 5.86. The van der Waals surface area contributed by atoms with Crippen molar-refractivity contribution < 1.29 is 9.47 Å². The fourth-order valence-electron chi connectivity index (χ4n) is 3.70. The Bertz CT molecular complexity index is 606. The van der Waals surface area contributed by atoms with E-state index in [4.69, 9.17) is 14.5 Å². The second kappa shape index (κ2) is 11.4. The molecule has 1 aromatic rings. The fraction of sp³-hybridized carbons (Fsp3) is 0.850. The zero-order valence-electron chi connectivity index (χ0n) is 17.5. The van der Waals surface area contributed by atoms with E-state index in [2.05, 4.69) is 20.8 Å². The molecule has 0 unspecified atom stereocenters. The van der Waals surface area contributed by atoms with Crippen LogP contribution < -0.4 is 10.6 Å². The van der Waals surface area contributed by atoms with Gasteiger partial charge in [-0.1, -0.05) is 12.8 Å². The van der Waals surface area contributed by atoms with E-state index in [0.717, 1.165) is 69.8 Å². The molecule has 158 valence electrons. The number of rotatable bonds is 9. The molecule has 8 heteroatoms. The smallest absolute Gasteiger partial charge is 0.191 e. The van der Waals surface area contributed by atoms with Gasteiger partial charge >= 0.3 is 0 Å². The molecule has 0 amide bonds. The third-order valence-electron chi connectivity index (χ3n) is 5.71. The van der Waals surface area contributed by atoms with Gasteiger partial charge in [0, 0.05) is 46.1 Å². The minimum absolute atomic E-state index is 0.525. The summed E-state index contributed by atoms with van der Waals surface area (Å²) in [5.74, 6) is 3.32. The molecule has 8 nitrogen and oxygen atoms in total. The van der Waals surface area contributed by atoms with E-state index >= 15 is 0 Å². The van der Waals surface area contributed by atoms with Crippen LogP contribution in [0.4, 0.5) is 0 Å². The van der Waals surface area contributed by atoms with E-state index in [1.165, 1.54) is 25.7 Å². The third kappa shape index (κ3) is 6.74. The standard InChI is InChI=1S/C20H36N6O2/c1-16-24-25-19(26(16)2)14-22-20(23-18-6-3-4-7-18)21-10-5-11-28-15-17-8-12-27-13-9-17/h17-18H,3-15H2,1-2H3,(H2,21,22,23). The molecule has 2 N–H and O–H groups in total. The maximum atomic E-state index is 5.86. The van der Waals surface area contributed by atoms with Crippen molar-refractivity contribution in [3.8, 4) is 0 Å². The summed E-state index contributed by atoms with van der Waals surface area (Å²) in [6.45, 7) is 6.74. The highest BCUT2D eigenvalue weighted by atomic mass is 16.5. The summed E-state index contributed by atoms with van der Waals surface area (Å²) in [5, 5.41) is 15.4. The van der Waals surface area contributed by atoms with Gasteiger partial charge in [0.05, 0.1) is 0 Å². The number of aliphatic imine (C=N–C) groups is 1. The fourth-order valence-corrected chi connectivity index (χ4v) is 3.70.